The zero-order valence-electron chi connectivity index (χ0n) is 11.9. The maximum Gasteiger partial charge on any atom is 0.179 e. The predicted octanol–water partition coefficient (Wildman–Crippen LogP) is 2.46. The highest BCUT2D eigenvalue weighted by molar-refractivity contribution is 6.33. The van der Waals surface area contributed by atoms with Gasteiger partial charge in [-0.2, -0.15) is 0 Å². The molecular formula is C14H22ClNO3. The average Bonchev–Trinajstić information content (AvgIpc) is 2.39. The van der Waals surface area contributed by atoms with Gasteiger partial charge in [0, 0.05) is 13.1 Å². The Kier molecular flexibility index (Phi) is 6.42. The first kappa shape index (κ1) is 16.1. The summed E-state index contributed by atoms with van der Waals surface area (Å²) in [6.07, 6.45) is -0.362. The van der Waals surface area contributed by atoms with E-state index in [-0.39, 0.29) is 12.0 Å². The topological polar surface area (TPSA) is 50.7 Å². The van der Waals surface area contributed by atoms with E-state index in [0.717, 1.165) is 5.56 Å². The molecule has 1 atom stereocenters. The number of halogens is 1. The van der Waals surface area contributed by atoms with E-state index >= 15 is 0 Å². The molecule has 0 saturated carbocycles. The highest BCUT2D eigenvalue weighted by Crippen LogP contribution is 2.37. The average molecular weight is 288 g/mol. The SMILES string of the molecule is COc1ccc(CNCC(O)C(C)C)c(Cl)c1OC. The molecular weight excluding hydrogens is 266 g/mol. The van der Waals surface area contributed by atoms with E-state index in [0.29, 0.717) is 29.6 Å². The van der Waals surface area contributed by atoms with Crippen LogP contribution in [0.5, 0.6) is 11.5 Å². The summed E-state index contributed by atoms with van der Waals surface area (Å²) in [5, 5.41) is 13.4. The van der Waals surface area contributed by atoms with Gasteiger partial charge in [0.25, 0.3) is 0 Å². The lowest BCUT2D eigenvalue weighted by molar-refractivity contribution is 0.123. The van der Waals surface area contributed by atoms with Crippen LogP contribution in [0.4, 0.5) is 0 Å². The van der Waals surface area contributed by atoms with Gasteiger partial charge >= 0.3 is 0 Å². The van der Waals surface area contributed by atoms with Crippen LogP contribution in [0, 0.1) is 5.92 Å². The van der Waals surface area contributed by atoms with Crippen molar-refractivity contribution in [3.05, 3.63) is 22.7 Å². The normalized spacial score (nSPS) is 12.6. The number of ether oxygens (including phenoxy) is 2. The fraction of sp³-hybridized carbons (Fsp3) is 0.571. The van der Waals surface area contributed by atoms with E-state index in [4.69, 9.17) is 21.1 Å². The van der Waals surface area contributed by atoms with Gasteiger partial charge in [-0.05, 0) is 17.5 Å². The summed E-state index contributed by atoms with van der Waals surface area (Å²) in [6.45, 7) is 5.07. The van der Waals surface area contributed by atoms with Crippen LogP contribution in [-0.2, 0) is 6.54 Å². The Hall–Kier alpha value is -0.970. The zero-order valence-corrected chi connectivity index (χ0v) is 12.6. The number of hydrogen-bond acceptors (Lipinski definition) is 4. The van der Waals surface area contributed by atoms with Crippen LogP contribution >= 0.6 is 11.6 Å². The summed E-state index contributed by atoms with van der Waals surface area (Å²) < 4.78 is 10.4. The molecule has 0 aromatic heterocycles. The minimum absolute atomic E-state index is 0.230. The lowest BCUT2D eigenvalue weighted by Gasteiger charge is -2.16. The van der Waals surface area contributed by atoms with Gasteiger partial charge in [-0.25, -0.2) is 0 Å². The van der Waals surface area contributed by atoms with Crippen LogP contribution in [0.3, 0.4) is 0 Å². The van der Waals surface area contributed by atoms with E-state index in [1.165, 1.54) is 0 Å². The number of methoxy groups -OCH3 is 2. The fourth-order valence-corrected chi connectivity index (χ4v) is 1.96. The summed E-state index contributed by atoms with van der Waals surface area (Å²) in [5.41, 5.74) is 0.912. The quantitative estimate of drug-likeness (QED) is 0.809. The van der Waals surface area contributed by atoms with Crippen molar-refractivity contribution in [3.8, 4) is 11.5 Å². The second kappa shape index (κ2) is 7.58. The van der Waals surface area contributed by atoms with Gasteiger partial charge < -0.3 is 19.9 Å². The third-order valence-electron chi connectivity index (χ3n) is 3.00. The van der Waals surface area contributed by atoms with E-state index in [9.17, 15) is 5.11 Å². The Balaban J connectivity index is 2.69. The molecule has 1 rings (SSSR count). The highest BCUT2D eigenvalue weighted by atomic mass is 35.5. The summed E-state index contributed by atoms with van der Waals surface area (Å²) in [4.78, 5) is 0. The zero-order chi connectivity index (χ0) is 14.4. The number of benzene rings is 1. The van der Waals surface area contributed by atoms with Crippen molar-refractivity contribution in [2.75, 3.05) is 20.8 Å². The highest BCUT2D eigenvalue weighted by Gasteiger charge is 2.13. The standard InChI is InChI=1S/C14H22ClNO3/c1-9(2)11(17)8-16-7-10-5-6-12(18-3)14(19-4)13(10)15/h5-6,9,11,16-17H,7-8H2,1-4H3. The Morgan fingerprint density at radius 3 is 2.47 bits per heavy atom. The van der Waals surface area contributed by atoms with Crippen molar-refractivity contribution in [1.82, 2.24) is 5.32 Å². The number of rotatable bonds is 7. The van der Waals surface area contributed by atoms with Gasteiger partial charge in [-0.1, -0.05) is 31.5 Å². The van der Waals surface area contributed by atoms with Gasteiger partial charge in [0.2, 0.25) is 0 Å². The van der Waals surface area contributed by atoms with E-state index < -0.39 is 0 Å². The van der Waals surface area contributed by atoms with E-state index in [1.807, 2.05) is 26.0 Å². The second-order valence-electron chi connectivity index (χ2n) is 4.72. The van der Waals surface area contributed by atoms with E-state index in [2.05, 4.69) is 5.32 Å². The number of nitrogens with one attached hydrogen (secondary N) is 1. The summed E-state index contributed by atoms with van der Waals surface area (Å²) in [5.74, 6) is 1.37. The first-order valence-corrected chi connectivity index (χ1v) is 6.67. The largest absolute Gasteiger partial charge is 0.493 e. The number of aliphatic hydroxyl groups is 1. The minimum atomic E-state index is -0.362. The summed E-state index contributed by atoms with van der Waals surface area (Å²) in [7, 11) is 3.13. The van der Waals surface area contributed by atoms with Crippen LogP contribution in [0.1, 0.15) is 19.4 Å². The minimum Gasteiger partial charge on any atom is -0.493 e. The van der Waals surface area contributed by atoms with Crippen molar-refractivity contribution >= 4 is 11.6 Å². The Labute approximate surface area is 119 Å². The second-order valence-corrected chi connectivity index (χ2v) is 5.09. The van der Waals surface area contributed by atoms with Gasteiger partial charge in [-0.15, -0.1) is 0 Å². The van der Waals surface area contributed by atoms with Crippen molar-refractivity contribution in [1.29, 1.82) is 0 Å². The van der Waals surface area contributed by atoms with Gasteiger partial charge in [0.15, 0.2) is 11.5 Å². The van der Waals surface area contributed by atoms with Gasteiger partial charge in [0.05, 0.1) is 25.3 Å². The maximum absolute atomic E-state index is 9.72. The van der Waals surface area contributed by atoms with Crippen molar-refractivity contribution in [2.24, 2.45) is 5.92 Å². The summed E-state index contributed by atoms with van der Waals surface area (Å²) in [6, 6.07) is 3.71. The number of hydrogen-bond donors (Lipinski definition) is 2. The van der Waals surface area contributed by atoms with Crippen LogP contribution in [0.2, 0.25) is 5.02 Å². The van der Waals surface area contributed by atoms with Crippen LogP contribution in [-0.4, -0.2) is 32.0 Å². The molecule has 0 bridgehead atoms. The molecule has 0 amide bonds. The molecule has 0 aliphatic carbocycles. The fourth-order valence-electron chi connectivity index (χ4n) is 1.66. The molecule has 0 fully saturated rings. The Morgan fingerprint density at radius 1 is 1.26 bits per heavy atom. The molecule has 2 N–H and O–H groups in total. The predicted molar refractivity (Wildman–Crippen MR) is 77.1 cm³/mol. The summed E-state index contributed by atoms with van der Waals surface area (Å²) >= 11 is 6.26. The molecule has 0 saturated heterocycles. The molecule has 4 nitrogen and oxygen atoms in total. The molecule has 1 aromatic carbocycles. The lowest BCUT2D eigenvalue weighted by Crippen LogP contribution is -2.30. The molecule has 1 unspecified atom stereocenters. The van der Waals surface area contributed by atoms with Crippen LogP contribution in [0.25, 0.3) is 0 Å². The smallest absolute Gasteiger partial charge is 0.179 e. The molecule has 0 heterocycles. The third-order valence-corrected chi connectivity index (χ3v) is 3.42. The molecule has 0 aliphatic rings. The maximum atomic E-state index is 9.72. The third kappa shape index (κ3) is 4.27. The van der Waals surface area contributed by atoms with Crippen LogP contribution < -0.4 is 14.8 Å². The van der Waals surface area contributed by atoms with Gasteiger partial charge in [-0.3, -0.25) is 0 Å². The van der Waals surface area contributed by atoms with E-state index in [1.54, 1.807) is 14.2 Å². The molecule has 0 aliphatic heterocycles. The Morgan fingerprint density at radius 2 is 1.95 bits per heavy atom. The van der Waals surface area contributed by atoms with Crippen molar-refractivity contribution in [3.63, 3.8) is 0 Å². The molecule has 0 spiro atoms. The van der Waals surface area contributed by atoms with Crippen LogP contribution in [0.15, 0.2) is 12.1 Å². The van der Waals surface area contributed by atoms with Gasteiger partial charge in [0.1, 0.15) is 0 Å². The molecule has 5 heteroatoms. The van der Waals surface area contributed by atoms with Crippen molar-refractivity contribution in [2.45, 2.75) is 26.5 Å². The molecule has 19 heavy (non-hydrogen) atoms. The lowest BCUT2D eigenvalue weighted by atomic mass is 10.1. The first-order valence-electron chi connectivity index (χ1n) is 6.29. The molecule has 0 radical (unpaired) electrons. The molecule has 1 aromatic rings. The number of aliphatic hydroxyl groups excluding tert-OH is 1. The monoisotopic (exact) mass is 287 g/mol. The first-order chi connectivity index (χ1) is 9.01. The Bertz CT molecular complexity index is 410. The molecule has 108 valence electrons. The van der Waals surface area contributed by atoms with Crippen molar-refractivity contribution < 1.29 is 14.6 Å².